The molecule has 8 heavy (non-hydrogen) atoms. The Bertz CT molecular complexity index is 142. The second-order valence-electron chi connectivity index (χ2n) is 1.09. The maximum Gasteiger partial charge on any atom is 0 e. The van der Waals surface area contributed by atoms with Crippen LogP contribution in [0.5, 0.6) is 0 Å². The van der Waals surface area contributed by atoms with Crippen molar-refractivity contribution in [1.29, 1.82) is 0 Å². The second kappa shape index (κ2) is 4.22. The van der Waals surface area contributed by atoms with Gasteiger partial charge in [-0.1, -0.05) is 6.20 Å². The molecule has 0 aliphatic carbocycles. The van der Waals surface area contributed by atoms with Gasteiger partial charge in [-0.25, -0.2) is 0 Å². The molecule has 1 nitrogen and oxygen atoms in total. The Balaban J connectivity index is 0.000000490. The van der Waals surface area contributed by atoms with Crippen LogP contribution in [-0.4, -0.2) is 4.98 Å². The van der Waals surface area contributed by atoms with Gasteiger partial charge >= 0.3 is 0 Å². The number of nitrogens with zero attached hydrogens (tertiary/aromatic N) is 1. The van der Waals surface area contributed by atoms with Crippen molar-refractivity contribution in [3.05, 3.63) is 29.0 Å². The van der Waals surface area contributed by atoms with E-state index in [4.69, 9.17) is 0 Å². The monoisotopic (exact) mass is 340 g/mol. The van der Waals surface area contributed by atoms with E-state index in [2.05, 4.69) is 27.1 Å². The van der Waals surface area contributed by atoms with E-state index in [1.54, 1.807) is 6.07 Å². The van der Waals surface area contributed by atoms with E-state index in [-0.39, 0.29) is 21.1 Å². The molecule has 1 aromatic rings. The first-order chi connectivity index (χ1) is 3.39. The normalized spacial score (nSPS) is 7.62. The summed E-state index contributed by atoms with van der Waals surface area (Å²) in [6.45, 7) is 0. The van der Waals surface area contributed by atoms with Crippen LogP contribution in [0.4, 0.5) is 0 Å². The SMILES string of the molecule is Brc1ccc[c-]n1.[W]. The van der Waals surface area contributed by atoms with Crippen LogP contribution in [0.2, 0.25) is 0 Å². The average Bonchev–Trinajstić information content (AvgIpc) is 1.69. The van der Waals surface area contributed by atoms with Crippen LogP contribution < -0.4 is 0 Å². The van der Waals surface area contributed by atoms with E-state index in [1.807, 2.05) is 12.1 Å². The number of halogens is 1. The van der Waals surface area contributed by atoms with Gasteiger partial charge in [0.05, 0.1) is 0 Å². The van der Waals surface area contributed by atoms with Crippen molar-refractivity contribution in [2.24, 2.45) is 0 Å². The van der Waals surface area contributed by atoms with E-state index in [9.17, 15) is 0 Å². The summed E-state index contributed by atoms with van der Waals surface area (Å²) in [5, 5.41) is 0. The zero-order valence-corrected chi connectivity index (χ0v) is 8.48. The molecule has 1 aromatic heterocycles. The molecule has 0 bridgehead atoms. The fraction of sp³-hybridized carbons (Fsp3) is 0. The van der Waals surface area contributed by atoms with Gasteiger partial charge < -0.3 is 4.98 Å². The molecule has 0 atom stereocenters. The Hall–Kier alpha value is 0.318. The van der Waals surface area contributed by atoms with E-state index in [0.717, 1.165) is 4.60 Å². The van der Waals surface area contributed by atoms with E-state index in [0.29, 0.717) is 0 Å². The van der Waals surface area contributed by atoms with Gasteiger partial charge in [-0.2, -0.15) is 12.1 Å². The Morgan fingerprint density at radius 3 is 2.62 bits per heavy atom. The second-order valence-corrected chi connectivity index (χ2v) is 1.90. The standard InChI is InChI=1S/C5H3BrN.W/c6-5-3-1-2-4-7-5;/h1-3H;/q-1;. The van der Waals surface area contributed by atoms with Crippen molar-refractivity contribution < 1.29 is 21.1 Å². The zero-order valence-electron chi connectivity index (χ0n) is 3.97. The third kappa shape index (κ3) is 2.58. The molecule has 0 aliphatic rings. The molecule has 0 amide bonds. The molecule has 0 saturated carbocycles. The van der Waals surface area contributed by atoms with Crippen LogP contribution in [0.3, 0.4) is 0 Å². The number of aromatic nitrogens is 1. The average molecular weight is 341 g/mol. The van der Waals surface area contributed by atoms with Crippen LogP contribution in [-0.2, 0) is 21.1 Å². The third-order valence-corrected chi connectivity index (χ3v) is 1.02. The minimum Gasteiger partial charge on any atom is -0.380 e. The molecule has 0 unspecified atom stereocenters. The Kier molecular flexibility index (Phi) is 4.39. The summed E-state index contributed by atoms with van der Waals surface area (Å²) in [5.74, 6) is 0. The van der Waals surface area contributed by atoms with Gasteiger partial charge in [0.25, 0.3) is 0 Å². The van der Waals surface area contributed by atoms with Gasteiger partial charge in [-0.05, 0) is 4.60 Å². The van der Waals surface area contributed by atoms with Crippen molar-refractivity contribution in [2.75, 3.05) is 0 Å². The Morgan fingerprint density at radius 1 is 1.62 bits per heavy atom. The molecule has 0 N–H and O–H groups in total. The molecule has 0 radical (unpaired) electrons. The van der Waals surface area contributed by atoms with E-state index >= 15 is 0 Å². The predicted octanol–water partition coefficient (Wildman–Crippen LogP) is 1.64. The topological polar surface area (TPSA) is 12.9 Å². The van der Waals surface area contributed by atoms with Gasteiger partial charge in [0.1, 0.15) is 0 Å². The van der Waals surface area contributed by atoms with Crippen LogP contribution in [0.15, 0.2) is 22.8 Å². The molecular formula is C5H3BrNW-. The van der Waals surface area contributed by atoms with Crippen LogP contribution in [0.1, 0.15) is 0 Å². The molecule has 0 aliphatic heterocycles. The first kappa shape index (κ1) is 8.32. The molecule has 1 rings (SSSR count). The quantitative estimate of drug-likeness (QED) is 0.517. The fourth-order valence-corrected chi connectivity index (χ4v) is 0.562. The summed E-state index contributed by atoms with van der Waals surface area (Å²) in [4.78, 5) is 3.77. The van der Waals surface area contributed by atoms with Gasteiger partial charge in [0, 0.05) is 21.1 Å². The maximum absolute atomic E-state index is 3.77. The minimum absolute atomic E-state index is 0. The van der Waals surface area contributed by atoms with Gasteiger partial charge in [0.15, 0.2) is 0 Å². The van der Waals surface area contributed by atoms with Gasteiger partial charge in [0.2, 0.25) is 0 Å². The maximum atomic E-state index is 3.77. The van der Waals surface area contributed by atoms with Crippen molar-refractivity contribution in [3.8, 4) is 0 Å². The van der Waals surface area contributed by atoms with Gasteiger partial charge in [-0.15, -0.1) is 22.0 Å². The fourth-order valence-electron chi connectivity index (χ4n) is 0.307. The van der Waals surface area contributed by atoms with Crippen LogP contribution >= 0.6 is 15.9 Å². The largest absolute Gasteiger partial charge is 0.380 e. The van der Waals surface area contributed by atoms with Crippen molar-refractivity contribution in [2.45, 2.75) is 0 Å². The summed E-state index contributed by atoms with van der Waals surface area (Å²) in [7, 11) is 0. The van der Waals surface area contributed by atoms with E-state index in [1.165, 1.54) is 0 Å². The number of hydrogen-bond donors (Lipinski definition) is 0. The summed E-state index contributed by atoms with van der Waals surface area (Å²) in [6, 6.07) is 5.48. The van der Waals surface area contributed by atoms with Crippen molar-refractivity contribution in [3.63, 3.8) is 0 Å². The molecule has 0 aromatic carbocycles. The minimum atomic E-state index is 0. The molecular weight excluding hydrogens is 338 g/mol. The van der Waals surface area contributed by atoms with Gasteiger partial charge in [-0.3, -0.25) is 0 Å². The van der Waals surface area contributed by atoms with Crippen LogP contribution in [0, 0.1) is 6.20 Å². The molecule has 0 saturated heterocycles. The van der Waals surface area contributed by atoms with Crippen molar-refractivity contribution in [1.82, 2.24) is 4.98 Å². The first-order valence-electron chi connectivity index (χ1n) is 1.88. The van der Waals surface area contributed by atoms with Crippen molar-refractivity contribution >= 4 is 15.9 Å². The summed E-state index contributed by atoms with van der Waals surface area (Å²) in [6.07, 6.45) is 2.66. The predicted molar refractivity (Wildman–Crippen MR) is 30.8 cm³/mol. The first-order valence-corrected chi connectivity index (χ1v) is 2.67. The molecule has 3 heteroatoms. The molecule has 0 fully saturated rings. The smallest absolute Gasteiger partial charge is 0 e. The number of rotatable bonds is 0. The third-order valence-electron chi connectivity index (χ3n) is 0.576. The zero-order chi connectivity index (χ0) is 5.11. The Labute approximate surface area is 70.9 Å². The van der Waals surface area contributed by atoms with Crippen LogP contribution in [0.25, 0.3) is 0 Å². The number of hydrogen-bond acceptors (Lipinski definition) is 1. The summed E-state index contributed by atoms with van der Waals surface area (Å²) < 4.78 is 0.829. The van der Waals surface area contributed by atoms with E-state index < -0.39 is 0 Å². The molecule has 0 spiro atoms. The summed E-state index contributed by atoms with van der Waals surface area (Å²) in [5.41, 5.74) is 0. The number of pyridine rings is 1. The summed E-state index contributed by atoms with van der Waals surface area (Å²) >= 11 is 3.17. The molecule has 1 heterocycles. The molecule has 42 valence electrons. The Morgan fingerprint density at radius 2 is 2.38 bits per heavy atom.